The highest BCUT2D eigenvalue weighted by Crippen LogP contribution is 2.13. The van der Waals surface area contributed by atoms with E-state index < -0.39 is 0 Å². The molecular weight excluding hydrogens is 230 g/mol. The zero-order valence-electron chi connectivity index (χ0n) is 9.02. The van der Waals surface area contributed by atoms with Gasteiger partial charge in [0.2, 0.25) is 0 Å². The molecule has 0 fully saturated rings. The summed E-state index contributed by atoms with van der Waals surface area (Å²) in [4.78, 5) is 0. The van der Waals surface area contributed by atoms with Crippen LogP contribution < -0.4 is 4.07 Å². The molecule has 3 nitrogen and oxygen atoms in total. The van der Waals surface area contributed by atoms with E-state index in [1.807, 2.05) is 64.7 Å². The van der Waals surface area contributed by atoms with Crippen LogP contribution in [-0.4, -0.2) is 9.47 Å². The molecule has 0 aliphatic rings. The van der Waals surface area contributed by atoms with Gasteiger partial charge in [0, 0.05) is 4.37 Å². The number of aromatic nitrogens is 3. The van der Waals surface area contributed by atoms with E-state index >= 15 is 0 Å². The van der Waals surface area contributed by atoms with Gasteiger partial charge in [-0.3, -0.25) is 0 Å². The first-order valence-electron chi connectivity index (χ1n) is 5.31. The van der Waals surface area contributed by atoms with Crippen molar-refractivity contribution in [1.82, 2.24) is 9.47 Å². The average molecular weight is 240 g/mol. The topological polar surface area (TPSA) is 29.7 Å². The van der Waals surface area contributed by atoms with E-state index in [2.05, 4.69) is 9.47 Å². The van der Waals surface area contributed by atoms with Crippen LogP contribution in [0, 0.1) is 0 Å². The largest absolute Gasteiger partial charge is 0.328 e. The lowest BCUT2D eigenvalue weighted by molar-refractivity contribution is -0.587. The lowest BCUT2D eigenvalue weighted by Crippen LogP contribution is -2.28. The number of nitrogens with zero attached hydrogens (tertiary/aromatic N) is 3. The summed E-state index contributed by atoms with van der Waals surface area (Å²) >= 11 is 1.35. The van der Waals surface area contributed by atoms with Crippen molar-refractivity contribution in [3.05, 3.63) is 60.7 Å². The van der Waals surface area contributed by atoms with Crippen LogP contribution in [0.2, 0.25) is 0 Å². The Morgan fingerprint density at radius 1 is 0.824 bits per heavy atom. The van der Waals surface area contributed by atoms with Crippen molar-refractivity contribution >= 4 is 11.7 Å². The van der Waals surface area contributed by atoms with E-state index in [4.69, 9.17) is 0 Å². The summed E-state index contributed by atoms with van der Waals surface area (Å²) < 4.78 is 6.18. The van der Waals surface area contributed by atoms with Gasteiger partial charge in [-0.05, 0) is 33.4 Å². The highest BCUT2D eigenvalue weighted by atomic mass is 32.1. The molecule has 4 heteroatoms. The van der Waals surface area contributed by atoms with Gasteiger partial charge in [-0.25, -0.2) is 0 Å². The van der Waals surface area contributed by atoms with Gasteiger partial charge in [0.25, 0.3) is 0 Å². The summed E-state index contributed by atoms with van der Waals surface area (Å²) in [5.74, 6) is 0.763. The number of hydrogen-bond acceptors (Lipinski definition) is 3. The summed E-state index contributed by atoms with van der Waals surface area (Å²) in [6, 6.07) is 20.0. The average Bonchev–Trinajstić information content (AvgIpc) is 2.90. The first-order chi connectivity index (χ1) is 8.43. The van der Waals surface area contributed by atoms with Crippen LogP contribution in [0.5, 0.6) is 0 Å². The maximum atomic E-state index is 4.47. The number of para-hydroxylation sites is 1. The van der Waals surface area contributed by atoms with Crippen LogP contribution in [0.1, 0.15) is 0 Å². The maximum absolute atomic E-state index is 4.47. The van der Waals surface area contributed by atoms with Gasteiger partial charge in [-0.15, -0.1) is 0 Å². The van der Waals surface area contributed by atoms with Crippen molar-refractivity contribution in [3.63, 3.8) is 0 Å². The molecule has 0 amide bonds. The van der Waals surface area contributed by atoms with E-state index in [0.29, 0.717) is 0 Å². The van der Waals surface area contributed by atoms with Crippen LogP contribution in [-0.2, 0) is 0 Å². The van der Waals surface area contributed by atoms with Crippen LogP contribution in [0.3, 0.4) is 0 Å². The standard InChI is InChI=1S/C13H10N3S/c1-3-7-11(8-4-1)13-14-16(17-15-13)12-9-5-2-6-10-12/h1-10H/q+1. The molecule has 82 valence electrons. The van der Waals surface area contributed by atoms with Gasteiger partial charge in [-0.2, -0.15) is 0 Å². The predicted molar refractivity (Wildman–Crippen MR) is 66.9 cm³/mol. The molecule has 0 N–H and O–H groups in total. The van der Waals surface area contributed by atoms with Crippen molar-refractivity contribution in [1.29, 1.82) is 0 Å². The van der Waals surface area contributed by atoms with Crippen molar-refractivity contribution in [2.75, 3.05) is 0 Å². The van der Waals surface area contributed by atoms with E-state index in [1.54, 1.807) is 0 Å². The Hall–Kier alpha value is -2.07. The second-order valence-corrected chi connectivity index (χ2v) is 4.26. The molecule has 0 unspecified atom stereocenters. The van der Waals surface area contributed by atoms with Crippen LogP contribution in [0.4, 0.5) is 0 Å². The summed E-state index contributed by atoms with van der Waals surface area (Å²) in [6.45, 7) is 0. The fourth-order valence-electron chi connectivity index (χ4n) is 1.56. The van der Waals surface area contributed by atoms with E-state index in [9.17, 15) is 0 Å². The highest BCUT2D eigenvalue weighted by molar-refractivity contribution is 6.95. The monoisotopic (exact) mass is 240 g/mol. The molecule has 0 aliphatic heterocycles. The Bertz CT molecular complexity index is 551. The molecule has 0 saturated carbocycles. The summed E-state index contributed by atoms with van der Waals surface area (Å²) in [5, 5.41) is 4.47. The fraction of sp³-hybridized carbons (Fsp3) is 0. The van der Waals surface area contributed by atoms with Crippen molar-refractivity contribution in [3.8, 4) is 17.1 Å². The van der Waals surface area contributed by atoms with E-state index in [-0.39, 0.29) is 0 Å². The van der Waals surface area contributed by atoms with Gasteiger partial charge < -0.3 is 0 Å². The fourth-order valence-corrected chi connectivity index (χ4v) is 2.18. The summed E-state index contributed by atoms with van der Waals surface area (Å²) in [5.41, 5.74) is 2.07. The highest BCUT2D eigenvalue weighted by Gasteiger charge is 2.15. The van der Waals surface area contributed by atoms with Gasteiger partial charge in [0.05, 0.1) is 5.56 Å². The Kier molecular flexibility index (Phi) is 2.63. The third-order valence-electron chi connectivity index (χ3n) is 2.40. The third-order valence-corrected chi connectivity index (χ3v) is 3.10. The predicted octanol–water partition coefficient (Wildman–Crippen LogP) is 2.48. The molecule has 17 heavy (non-hydrogen) atoms. The number of benzene rings is 2. The van der Waals surface area contributed by atoms with Gasteiger partial charge in [-0.1, -0.05) is 36.4 Å². The molecule has 3 aromatic rings. The van der Waals surface area contributed by atoms with Crippen molar-refractivity contribution in [2.24, 2.45) is 0 Å². The molecule has 0 spiro atoms. The normalized spacial score (nSPS) is 10.4. The molecule has 2 aromatic carbocycles. The van der Waals surface area contributed by atoms with Crippen LogP contribution in [0.25, 0.3) is 17.1 Å². The minimum Gasteiger partial charge on any atom is -0.0622 e. The molecule has 1 aromatic heterocycles. The lowest BCUT2D eigenvalue weighted by atomic mass is 10.2. The molecule has 1 heterocycles. The summed E-state index contributed by atoms with van der Waals surface area (Å²) in [6.07, 6.45) is 0. The Morgan fingerprint density at radius 2 is 1.47 bits per heavy atom. The van der Waals surface area contributed by atoms with Crippen LogP contribution in [0.15, 0.2) is 60.7 Å². The molecule has 0 atom stereocenters. The minimum atomic E-state index is 0.763. The maximum Gasteiger partial charge on any atom is 0.328 e. The quantitative estimate of drug-likeness (QED) is 0.644. The van der Waals surface area contributed by atoms with E-state index in [1.165, 1.54) is 11.7 Å². The van der Waals surface area contributed by atoms with Crippen molar-refractivity contribution in [2.45, 2.75) is 0 Å². The van der Waals surface area contributed by atoms with Crippen molar-refractivity contribution < 1.29 is 4.07 Å². The first kappa shape index (κ1) is 10.1. The Labute approximate surface area is 103 Å². The first-order valence-corrected chi connectivity index (χ1v) is 6.04. The number of rotatable bonds is 2. The molecular formula is C13H10N3S+. The van der Waals surface area contributed by atoms with Gasteiger partial charge in [0.1, 0.15) is 0 Å². The Morgan fingerprint density at radius 3 is 2.18 bits per heavy atom. The number of hydrogen-bond donors (Lipinski definition) is 0. The molecule has 0 bridgehead atoms. The molecule has 0 saturated heterocycles. The Balaban J connectivity index is 1.99. The lowest BCUT2D eigenvalue weighted by Gasteiger charge is -1.89. The summed E-state index contributed by atoms with van der Waals surface area (Å²) in [7, 11) is 0. The van der Waals surface area contributed by atoms with Gasteiger partial charge in [0.15, 0.2) is 5.69 Å². The second-order valence-electron chi connectivity index (χ2n) is 3.57. The zero-order valence-corrected chi connectivity index (χ0v) is 9.84. The van der Waals surface area contributed by atoms with Gasteiger partial charge >= 0.3 is 17.6 Å². The second kappa shape index (κ2) is 4.43. The zero-order chi connectivity index (χ0) is 11.5. The third kappa shape index (κ3) is 2.07. The molecule has 0 radical (unpaired) electrons. The molecule has 3 rings (SSSR count). The minimum absolute atomic E-state index is 0.763. The van der Waals surface area contributed by atoms with Crippen LogP contribution >= 0.6 is 11.7 Å². The van der Waals surface area contributed by atoms with E-state index in [0.717, 1.165) is 17.1 Å². The molecule has 0 aliphatic carbocycles. The SMILES string of the molecule is c1ccc(-c2ns[n+](-c3ccccc3)n2)cc1. The smallest absolute Gasteiger partial charge is 0.0622 e.